The highest BCUT2D eigenvalue weighted by Gasteiger charge is 2.10. The first-order valence-corrected chi connectivity index (χ1v) is 5.47. The SMILES string of the molecule is [CH2]\C=C/C=C\C=C\NC1CCCCC1.[HH]. The molecule has 0 spiro atoms. The third-order valence-electron chi connectivity index (χ3n) is 2.50. The van der Waals surface area contributed by atoms with Crippen LogP contribution in [0.25, 0.3) is 0 Å². The highest BCUT2D eigenvalue weighted by molar-refractivity contribution is 5.11. The van der Waals surface area contributed by atoms with Crippen molar-refractivity contribution in [3.63, 3.8) is 0 Å². The largest absolute Gasteiger partial charge is 0.388 e. The standard InChI is InChI=1S/C13H20N.H2/c1-2-3-4-5-9-12-14-13-10-7-6-8-11-13;/h2-5,9,12-14H,1,6-8,10-11H2;1H/b3-2-,5-4-,12-9+;. The molecule has 1 N–H and O–H groups in total. The van der Waals surface area contributed by atoms with Gasteiger partial charge in [0, 0.05) is 7.47 Å². The molecular weight excluding hydrogens is 170 g/mol. The van der Waals surface area contributed by atoms with Crippen molar-refractivity contribution >= 4 is 0 Å². The predicted octanol–water partition coefficient (Wildman–Crippen LogP) is 3.61. The summed E-state index contributed by atoms with van der Waals surface area (Å²) in [7, 11) is 0. The van der Waals surface area contributed by atoms with Gasteiger partial charge in [0.1, 0.15) is 0 Å². The van der Waals surface area contributed by atoms with Crippen molar-refractivity contribution in [1.29, 1.82) is 0 Å². The van der Waals surface area contributed by atoms with Crippen molar-refractivity contribution in [1.82, 2.24) is 5.32 Å². The van der Waals surface area contributed by atoms with E-state index in [0.29, 0.717) is 6.04 Å². The summed E-state index contributed by atoms with van der Waals surface area (Å²) < 4.78 is 0. The Balaban J connectivity index is 0.00000196. The van der Waals surface area contributed by atoms with Gasteiger partial charge in [0.15, 0.2) is 0 Å². The van der Waals surface area contributed by atoms with Crippen LogP contribution in [0.1, 0.15) is 33.5 Å². The molecule has 0 aromatic heterocycles. The molecule has 1 aliphatic carbocycles. The molecule has 0 unspecified atom stereocenters. The Kier molecular flexibility index (Phi) is 5.89. The van der Waals surface area contributed by atoms with Crippen LogP contribution >= 0.6 is 0 Å². The minimum atomic E-state index is 0. The minimum Gasteiger partial charge on any atom is -0.388 e. The number of hydrogen-bond donors (Lipinski definition) is 1. The van der Waals surface area contributed by atoms with Crippen LogP contribution in [0.3, 0.4) is 0 Å². The second kappa shape index (κ2) is 7.43. The lowest BCUT2D eigenvalue weighted by atomic mass is 9.96. The van der Waals surface area contributed by atoms with Gasteiger partial charge in [-0.25, -0.2) is 0 Å². The van der Waals surface area contributed by atoms with Gasteiger partial charge in [-0.2, -0.15) is 0 Å². The minimum absolute atomic E-state index is 0. The molecule has 1 heteroatoms. The van der Waals surface area contributed by atoms with Crippen LogP contribution in [0.5, 0.6) is 0 Å². The van der Waals surface area contributed by atoms with E-state index in [2.05, 4.69) is 12.2 Å². The molecule has 0 atom stereocenters. The van der Waals surface area contributed by atoms with Crippen molar-refractivity contribution < 1.29 is 1.43 Å². The van der Waals surface area contributed by atoms with Gasteiger partial charge >= 0.3 is 0 Å². The van der Waals surface area contributed by atoms with E-state index in [0.717, 1.165) is 0 Å². The van der Waals surface area contributed by atoms with Crippen molar-refractivity contribution in [3.8, 4) is 0 Å². The van der Waals surface area contributed by atoms with E-state index < -0.39 is 0 Å². The smallest absolute Gasteiger partial charge is 0.0255 e. The molecule has 14 heavy (non-hydrogen) atoms. The summed E-state index contributed by atoms with van der Waals surface area (Å²) in [6, 6.07) is 0.705. The number of allylic oxidation sites excluding steroid dienone is 5. The fourth-order valence-corrected chi connectivity index (χ4v) is 1.72. The second-order valence-corrected chi connectivity index (χ2v) is 3.67. The molecule has 1 radical (unpaired) electrons. The zero-order valence-electron chi connectivity index (χ0n) is 8.78. The molecule has 1 saturated carbocycles. The average Bonchev–Trinajstić information content (AvgIpc) is 2.25. The maximum Gasteiger partial charge on any atom is 0.0255 e. The summed E-state index contributed by atoms with van der Waals surface area (Å²) in [5, 5.41) is 3.43. The van der Waals surface area contributed by atoms with E-state index in [9.17, 15) is 0 Å². The van der Waals surface area contributed by atoms with Gasteiger partial charge < -0.3 is 5.32 Å². The third-order valence-corrected chi connectivity index (χ3v) is 2.50. The fraction of sp³-hybridized carbons (Fsp3) is 0.462. The van der Waals surface area contributed by atoms with Gasteiger partial charge in [0.25, 0.3) is 0 Å². The zero-order chi connectivity index (χ0) is 10.1. The molecule has 0 saturated heterocycles. The Morgan fingerprint density at radius 1 is 1.00 bits per heavy atom. The molecule has 0 aromatic rings. The Morgan fingerprint density at radius 2 is 1.71 bits per heavy atom. The molecule has 1 nitrogen and oxygen atoms in total. The normalized spacial score (nSPS) is 20.1. The summed E-state index contributed by atoms with van der Waals surface area (Å²) in [4.78, 5) is 0. The highest BCUT2D eigenvalue weighted by Crippen LogP contribution is 2.17. The first kappa shape index (κ1) is 11.1. The number of hydrogen-bond acceptors (Lipinski definition) is 1. The summed E-state index contributed by atoms with van der Waals surface area (Å²) in [5.74, 6) is 0. The Bertz CT molecular complexity index is 213. The lowest BCUT2D eigenvalue weighted by Crippen LogP contribution is -2.26. The van der Waals surface area contributed by atoms with E-state index >= 15 is 0 Å². The maximum absolute atomic E-state index is 3.61. The molecule has 79 valence electrons. The van der Waals surface area contributed by atoms with E-state index in [1.54, 1.807) is 6.08 Å². The molecule has 0 aromatic carbocycles. The van der Waals surface area contributed by atoms with Crippen molar-refractivity contribution in [2.24, 2.45) is 0 Å². The fourth-order valence-electron chi connectivity index (χ4n) is 1.72. The third kappa shape index (κ3) is 4.90. The monoisotopic (exact) mass is 192 g/mol. The average molecular weight is 192 g/mol. The topological polar surface area (TPSA) is 12.0 Å². The predicted molar refractivity (Wildman–Crippen MR) is 64.9 cm³/mol. The van der Waals surface area contributed by atoms with Crippen molar-refractivity contribution in [2.45, 2.75) is 38.1 Å². The van der Waals surface area contributed by atoms with Crippen LogP contribution in [0.15, 0.2) is 36.6 Å². The van der Waals surface area contributed by atoms with Gasteiger partial charge in [-0.3, -0.25) is 0 Å². The first-order valence-electron chi connectivity index (χ1n) is 5.47. The summed E-state index contributed by atoms with van der Waals surface area (Å²) in [6.45, 7) is 3.61. The second-order valence-electron chi connectivity index (χ2n) is 3.67. The van der Waals surface area contributed by atoms with Gasteiger partial charge in [0.05, 0.1) is 0 Å². The summed E-state index contributed by atoms with van der Waals surface area (Å²) in [6.07, 6.45) is 18.6. The van der Waals surface area contributed by atoms with Crippen molar-refractivity contribution in [3.05, 3.63) is 43.5 Å². The summed E-state index contributed by atoms with van der Waals surface area (Å²) in [5.41, 5.74) is 0. The van der Waals surface area contributed by atoms with Gasteiger partial charge in [0.2, 0.25) is 0 Å². The van der Waals surface area contributed by atoms with E-state index in [4.69, 9.17) is 0 Å². The molecule has 0 amide bonds. The molecule has 1 fully saturated rings. The molecule has 1 rings (SSSR count). The Hall–Kier alpha value is -0.980. The Morgan fingerprint density at radius 3 is 2.43 bits per heavy atom. The maximum atomic E-state index is 3.61. The van der Waals surface area contributed by atoms with Crippen LogP contribution in [0.2, 0.25) is 0 Å². The van der Waals surface area contributed by atoms with Crippen LogP contribution in [0, 0.1) is 6.92 Å². The summed E-state index contributed by atoms with van der Waals surface area (Å²) >= 11 is 0. The molecule has 0 aliphatic heterocycles. The quantitative estimate of drug-likeness (QED) is 0.671. The lowest BCUT2D eigenvalue weighted by Gasteiger charge is -2.21. The van der Waals surface area contributed by atoms with Crippen LogP contribution < -0.4 is 5.32 Å². The van der Waals surface area contributed by atoms with E-state index in [-0.39, 0.29) is 1.43 Å². The first-order chi connectivity index (χ1) is 6.93. The molecule has 0 heterocycles. The van der Waals surface area contributed by atoms with E-state index in [1.807, 2.05) is 30.5 Å². The number of nitrogens with one attached hydrogen (secondary N) is 1. The van der Waals surface area contributed by atoms with Gasteiger partial charge in [-0.05, 0) is 32.0 Å². The van der Waals surface area contributed by atoms with Crippen LogP contribution in [-0.4, -0.2) is 6.04 Å². The number of rotatable bonds is 4. The van der Waals surface area contributed by atoms with Gasteiger partial charge in [-0.15, -0.1) is 0 Å². The zero-order valence-corrected chi connectivity index (χ0v) is 8.78. The van der Waals surface area contributed by atoms with E-state index in [1.165, 1.54) is 32.1 Å². The Labute approximate surface area is 89.1 Å². The highest BCUT2D eigenvalue weighted by atomic mass is 14.9. The molecular formula is C13H22N. The molecule has 0 bridgehead atoms. The van der Waals surface area contributed by atoms with Gasteiger partial charge in [-0.1, -0.05) is 43.6 Å². The van der Waals surface area contributed by atoms with Crippen LogP contribution in [0.4, 0.5) is 0 Å². The lowest BCUT2D eigenvalue weighted by molar-refractivity contribution is 0.404. The van der Waals surface area contributed by atoms with Crippen LogP contribution in [-0.2, 0) is 0 Å². The van der Waals surface area contributed by atoms with Crippen molar-refractivity contribution in [2.75, 3.05) is 0 Å². The molecule has 1 aliphatic rings.